The lowest BCUT2D eigenvalue weighted by Gasteiger charge is -2.32. The molecule has 178 valence electrons. The fraction of sp³-hybridized carbons (Fsp3) is 0.464. The van der Waals surface area contributed by atoms with Crippen molar-refractivity contribution in [2.75, 3.05) is 6.54 Å². The van der Waals surface area contributed by atoms with E-state index in [0.717, 1.165) is 22.9 Å². The van der Waals surface area contributed by atoms with Gasteiger partial charge in [0, 0.05) is 29.4 Å². The number of nitrogens with two attached hydrogens (primary N) is 1. The largest absolute Gasteiger partial charge is 0.390 e. The second-order valence-corrected chi connectivity index (χ2v) is 10.2. The van der Waals surface area contributed by atoms with E-state index < -0.39 is 12.0 Å². The number of nitrogens with one attached hydrogen (secondary N) is 1. The van der Waals surface area contributed by atoms with Crippen LogP contribution in [0.25, 0.3) is 10.9 Å². The average molecular weight is 450 g/mol. The lowest BCUT2D eigenvalue weighted by Crippen LogP contribution is -2.45. The molecule has 0 aliphatic heterocycles. The van der Waals surface area contributed by atoms with Crippen LogP contribution in [0.4, 0.5) is 0 Å². The molecule has 1 heterocycles. The highest BCUT2D eigenvalue weighted by Gasteiger charge is 2.26. The van der Waals surface area contributed by atoms with Gasteiger partial charge in [0.2, 0.25) is 5.91 Å². The lowest BCUT2D eigenvalue weighted by molar-refractivity contribution is 0.1000. The van der Waals surface area contributed by atoms with Gasteiger partial charge in [-0.2, -0.15) is 0 Å². The zero-order valence-corrected chi connectivity index (χ0v) is 20.4. The molecule has 0 saturated carbocycles. The Morgan fingerprint density at radius 2 is 1.85 bits per heavy atom. The van der Waals surface area contributed by atoms with Crippen molar-refractivity contribution in [2.45, 2.75) is 71.1 Å². The summed E-state index contributed by atoms with van der Waals surface area (Å²) in [6, 6.07) is 17.5. The quantitative estimate of drug-likeness (QED) is 0.361. The number of hydrogen-bond donors (Lipinski definition) is 3. The summed E-state index contributed by atoms with van der Waals surface area (Å²) in [4.78, 5) is 11.8. The van der Waals surface area contributed by atoms with Crippen molar-refractivity contribution in [1.82, 2.24) is 9.88 Å². The smallest absolute Gasteiger partial charge is 0.248 e. The summed E-state index contributed by atoms with van der Waals surface area (Å²) >= 11 is 0. The maximum atomic E-state index is 11.8. The van der Waals surface area contributed by atoms with E-state index in [1.807, 2.05) is 42.6 Å². The molecule has 0 fully saturated rings. The third kappa shape index (κ3) is 6.92. The molecule has 0 aliphatic carbocycles. The summed E-state index contributed by atoms with van der Waals surface area (Å²) in [5.74, 6) is 0.253. The van der Waals surface area contributed by atoms with Gasteiger partial charge in [-0.05, 0) is 61.8 Å². The average Bonchev–Trinajstić information content (AvgIpc) is 3.19. The number of fused-ring (bicyclic) bond motifs is 1. The van der Waals surface area contributed by atoms with E-state index in [-0.39, 0.29) is 11.6 Å². The highest BCUT2D eigenvalue weighted by Crippen LogP contribution is 2.27. The molecule has 0 saturated heterocycles. The molecule has 2 atom stereocenters. The van der Waals surface area contributed by atoms with E-state index in [1.54, 1.807) is 6.07 Å². The van der Waals surface area contributed by atoms with Gasteiger partial charge in [0.05, 0.1) is 12.1 Å². The molecule has 3 rings (SSSR count). The molecular formula is C28H39N3O2. The Hall–Kier alpha value is -2.63. The number of nitrogens with zero attached hydrogens (tertiary/aromatic N) is 1. The number of aliphatic hydroxyl groups is 1. The third-order valence-electron chi connectivity index (χ3n) is 6.47. The molecule has 0 spiro atoms. The molecule has 0 bridgehead atoms. The van der Waals surface area contributed by atoms with Crippen LogP contribution in [-0.2, 0) is 6.42 Å². The van der Waals surface area contributed by atoms with E-state index in [4.69, 9.17) is 5.73 Å². The fourth-order valence-corrected chi connectivity index (χ4v) is 4.42. The Bertz CT molecular complexity index is 1040. The second kappa shape index (κ2) is 11.0. The van der Waals surface area contributed by atoms with Gasteiger partial charge in [-0.15, -0.1) is 0 Å². The van der Waals surface area contributed by atoms with E-state index in [2.05, 4.69) is 49.7 Å². The molecule has 5 nitrogen and oxygen atoms in total. The Morgan fingerprint density at radius 1 is 1.12 bits per heavy atom. The molecule has 2 aromatic carbocycles. The van der Waals surface area contributed by atoms with E-state index >= 15 is 0 Å². The van der Waals surface area contributed by atoms with E-state index in [9.17, 15) is 9.90 Å². The first kappa shape index (κ1) is 25.0. The molecule has 5 heteroatoms. The van der Waals surface area contributed by atoms with E-state index in [0.29, 0.717) is 24.4 Å². The minimum atomic E-state index is -0.609. The van der Waals surface area contributed by atoms with Crippen molar-refractivity contribution in [1.29, 1.82) is 0 Å². The first-order valence-electron chi connectivity index (χ1n) is 12.0. The highest BCUT2D eigenvalue weighted by atomic mass is 16.3. The van der Waals surface area contributed by atoms with Crippen LogP contribution in [0.3, 0.4) is 0 Å². The van der Waals surface area contributed by atoms with Gasteiger partial charge in [0.15, 0.2) is 0 Å². The van der Waals surface area contributed by atoms with Crippen molar-refractivity contribution < 1.29 is 9.90 Å². The second-order valence-electron chi connectivity index (χ2n) is 10.2. The fourth-order valence-electron chi connectivity index (χ4n) is 4.42. The number of β-amino-alcohol motifs (C(OH)–C–C–N with tert-alkyl or cyclic N) is 1. The number of amides is 1. The first-order chi connectivity index (χ1) is 15.7. The standard InChI is InChI=1S/C28H39N3O2/c1-20(2)9-8-15-28(3,4)30-19-26(32)25(17-21-10-6-5-7-11-21)31-16-14-22-12-13-23(27(29)33)18-24(22)31/h5-7,10-14,16,18,20,25-26,30,32H,8-9,15,17,19H2,1-4H3,(H2,29,33)/t25-,26+/m0/s1. The van der Waals surface area contributed by atoms with Gasteiger partial charge in [-0.1, -0.05) is 63.1 Å². The zero-order valence-electron chi connectivity index (χ0n) is 20.4. The van der Waals surface area contributed by atoms with Gasteiger partial charge in [-0.3, -0.25) is 4.79 Å². The van der Waals surface area contributed by atoms with Crippen LogP contribution in [0.1, 0.15) is 68.9 Å². The number of benzene rings is 2. The summed E-state index contributed by atoms with van der Waals surface area (Å²) in [7, 11) is 0. The van der Waals surface area contributed by atoms with Gasteiger partial charge in [-0.25, -0.2) is 0 Å². The summed E-state index contributed by atoms with van der Waals surface area (Å²) in [6.45, 7) is 9.40. The predicted molar refractivity (Wildman–Crippen MR) is 136 cm³/mol. The predicted octanol–water partition coefficient (Wildman–Crippen LogP) is 5.08. The minimum Gasteiger partial charge on any atom is -0.390 e. The van der Waals surface area contributed by atoms with Gasteiger partial charge in [0.1, 0.15) is 0 Å². The number of carbonyl (C=O) groups excluding carboxylic acids is 1. The van der Waals surface area contributed by atoms with Crippen LogP contribution in [-0.4, -0.2) is 33.8 Å². The van der Waals surface area contributed by atoms with Crippen LogP contribution >= 0.6 is 0 Å². The number of aliphatic hydroxyl groups excluding tert-OH is 1. The molecular weight excluding hydrogens is 410 g/mol. The first-order valence-corrected chi connectivity index (χ1v) is 12.0. The topological polar surface area (TPSA) is 80.3 Å². The molecule has 4 N–H and O–H groups in total. The third-order valence-corrected chi connectivity index (χ3v) is 6.47. The van der Waals surface area contributed by atoms with Crippen LogP contribution < -0.4 is 11.1 Å². The molecule has 1 aromatic heterocycles. The van der Waals surface area contributed by atoms with Crippen molar-refractivity contribution in [3.05, 3.63) is 71.9 Å². The van der Waals surface area contributed by atoms with Crippen LogP contribution in [0.15, 0.2) is 60.8 Å². The van der Waals surface area contributed by atoms with E-state index in [1.165, 1.54) is 12.8 Å². The van der Waals surface area contributed by atoms with Crippen LogP contribution in [0.5, 0.6) is 0 Å². The molecule has 33 heavy (non-hydrogen) atoms. The van der Waals surface area contributed by atoms with Gasteiger partial charge >= 0.3 is 0 Å². The molecule has 3 aromatic rings. The van der Waals surface area contributed by atoms with Crippen molar-refractivity contribution in [3.63, 3.8) is 0 Å². The Morgan fingerprint density at radius 3 is 2.52 bits per heavy atom. The van der Waals surface area contributed by atoms with Gasteiger partial charge < -0.3 is 20.7 Å². The zero-order chi connectivity index (χ0) is 24.0. The number of carbonyl (C=O) groups is 1. The Kier molecular flexibility index (Phi) is 8.33. The number of primary amides is 1. The highest BCUT2D eigenvalue weighted by molar-refractivity contribution is 5.97. The maximum Gasteiger partial charge on any atom is 0.248 e. The summed E-state index contributed by atoms with van der Waals surface area (Å²) in [5, 5.41) is 16.0. The summed E-state index contributed by atoms with van der Waals surface area (Å²) in [6.07, 6.45) is 5.52. The Balaban J connectivity index is 1.83. The van der Waals surface area contributed by atoms with Crippen molar-refractivity contribution in [2.24, 2.45) is 11.7 Å². The number of rotatable bonds is 12. The SMILES string of the molecule is CC(C)CCCC(C)(C)NC[C@@H](O)[C@H](Cc1ccccc1)n1ccc2ccc(C(N)=O)cc21. The van der Waals surface area contributed by atoms with Crippen molar-refractivity contribution in [3.8, 4) is 0 Å². The van der Waals surface area contributed by atoms with Gasteiger partial charge in [0.25, 0.3) is 0 Å². The maximum absolute atomic E-state index is 11.8. The van der Waals surface area contributed by atoms with Crippen LogP contribution in [0.2, 0.25) is 0 Å². The molecule has 0 unspecified atom stereocenters. The Labute approximate surface area is 198 Å². The molecule has 0 aliphatic rings. The number of hydrogen-bond acceptors (Lipinski definition) is 3. The molecule has 0 radical (unpaired) electrons. The summed E-state index contributed by atoms with van der Waals surface area (Å²) < 4.78 is 2.09. The minimum absolute atomic E-state index is 0.0505. The summed E-state index contributed by atoms with van der Waals surface area (Å²) in [5.41, 5.74) is 8.01. The van der Waals surface area contributed by atoms with Crippen LogP contribution in [0, 0.1) is 5.92 Å². The van der Waals surface area contributed by atoms with Crippen molar-refractivity contribution >= 4 is 16.8 Å². The normalized spacial score (nSPS) is 14.0. The monoisotopic (exact) mass is 449 g/mol. The lowest BCUT2D eigenvalue weighted by atomic mass is 9.93. The number of aromatic nitrogens is 1. The molecule has 1 amide bonds.